The zero-order valence-corrected chi connectivity index (χ0v) is 12.7. The number of rotatable bonds is 5. The summed E-state index contributed by atoms with van der Waals surface area (Å²) in [6.45, 7) is 0.247. The van der Waals surface area contributed by atoms with Crippen molar-refractivity contribution in [2.24, 2.45) is 0 Å². The topological polar surface area (TPSA) is 90.1 Å². The number of carboxylic acids is 1. The van der Waals surface area contributed by atoms with Crippen LogP contribution in [0.15, 0.2) is 42.6 Å². The van der Waals surface area contributed by atoms with Gasteiger partial charge in [-0.2, -0.15) is 5.10 Å². The van der Waals surface area contributed by atoms with Crippen molar-refractivity contribution in [1.82, 2.24) is 19.7 Å². The van der Waals surface area contributed by atoms with Gasteiger partial charge in [-0.25, -0.2) is 23.8 Å². The van der Waals surface area contributed by atoms with Gasteiger partial charge in [-0.1, -0.05) is 0 Å². The van der Waals surface area contributed by atoms with Gasteiger partial charge in [-0.3, -0.25) is 0 Å². The molecule has 0 saturated heterocycles. The van der Waals surface area contributed by atoms with Crippen LogP contribution in [0.4, 0.5) is 4.39 Å². The Morgan fingerprint density at radius 1 is 1.25 bits per heavy atom. The Bertz CT molecular complexity index is 877. The lowest BCUT2D eigenvalue weighted by molar-refractivity contribution is 0.0690. The molecule has 3 rings (SSSR count). The number of ether oxygens (including phenoxy) is 1. The maximum absolute atomic E-state index is 13.1. The molecule has 0 fully saturated rings. The van der Waals surface area contributed by atoms with E-state index >= 15 is 0 Å². The van der Waals surface area contributed by atoms with Crippen molar-refractivity contribution in [3.63, 3.8) is 0 Å². The van der Waals surface area contributed by atoms with Gasteiger partial charge < -0.3 is 9.84 Å². The molecule has 0 aliphatic rings. The van der Waals surface area contributed by atoms with Crippen LogP contribution in [0.3, 0.4) is 0 Å². The van der Waals surface area contributed by atoms with Crippen LogP contribution in [-0.4, -0.2) is 37.9 Å². The quantitative estimate of drug-likeness (QED) is 0.773. The van der Waals surface area contributed by atoms with Crippen LogP contribution in [0.25, 0.3) is 17.2 Å². The highest BCUT2D eigenvalue weighted by Crippen LogP contribution is 2.18. The van der Waals surface area contributed by atoms with Crippen molar-refractivity contribution >= 4 is 5.97 Å². The lowest BCUT2D eigenvalue weighted by Crippen LogP contribution is -2.06. The fourth-order valence-electron chi connectivity index (χ4n) is 2.12. The lowest BCUT2D eigenvalue weighted by atomic mass is 10.2. The van der Waals surface area contributed by atoms with Gasteiger partial charge >= 0.3 is 5.97 Å². The standard InChI is InChI=1S/C16H13FN4O3/c1-24-9-12-8-14(21-7-6-13(20-21)16(22)23)19-15(18-12)10-2-4-11(17)5-3-10/h2-8H,9H2,1H3,(H,22,23). The molecule has 0 radical (unpaired) electrons. The average molecular weight is 328 g/mol. The zero-order chi connectivity index (χ0) is 17.1. The summed E-state index contributed by atoms with van der Waals surface area (Å²) >= 11 is 0. The molecule has 0 amide bonds. The van der Waals surface area contributed by atoms with Crippen LogP contribution >= 0.6 is 0 Å². The molecule has 0 aliphatic heterocycles. The van der Waals surface area contributed by atoms with E-state index in [0.717, 1.165) is 0 Å². The summed E-state index contributed by atoms with van der Waals surface area (Å²) in [5.41, 5.74) is 1.13. The Balaban J connectivity index is 2.08. The lowest BCUT2D eigenvalue weighted by Gasteiger charge is -2.08. The minimum absolute atomic E-state index is 0.0924. The Hall–Kier alpha value is -3.13. The maximum Gasteiger partial charge on any atom is 0.356 e. The number of carboxylic acid groups (broad SMARTS) is 1. The maximum atomic E-state index is 13.1. The van der Waals surface area contributed by atoms with E-state index in [1.54, 1.807) is 18.2 Å². The summed E-state index contributed by atoms with van der Waals surface area (Å²) in [7, 11) is 1.54. The first kappa shape index (κ1) is 15.8. The van der Waals surface area contributed by atoms with Crippen molar-refractivity contribution < 1.29 is 19.0 Å². The minimum Gasteiger partial charge on any atom is -0.476 e. The number of hydrogen-bond acceptors (Lipinski definition) is 5. The molecule has 1 aromatic carbocycles. The predicted molar refractivity (Wildman–Crippen MR) is 82.2 cm³/mol. The Kier molecular flexibility index (Phi) is 4.30. The number of aromatic nitrogens is 4. The summed E-state index contributed by atoms with van der Waals surface area (Å²) in [5.74, 6) is -0.723. The van der Waals surface area contributed by atoms with Gasteiger partial charge in [0.1, 0.15) is 5.82 Å². The van der Waals surface area contributed by atoms with Gasteiger partial charge in [-0.15, -0.1) is 0 Å². The molecule has 0 bridgehead atoms. The highest BCUT2D eigenvalue weighted by molar-refractivity contribution is 5.85. The third-order valence-electron chi connectivity index (χ3n) is 3.20. The highest BCUT2D eigenvalue weighted by atomic mass is 19.1. The zero-order valence-electron chi connectivity index (χ0n) is 12.7. The fraction of sp³-hybridized carbons (Fsp3) is 0.125. The fourth-order valence-corrected chi connectivity index (χ4v) is 2.12. The van der Waals surface area contributed by atoms with E-state index in [0.29, 0.717) is 22.9 Å². The van der Waals surface area contributed by atoms with Gasteiger partial charge in [0, 0.05) is 24.9 Å². The van der Waals surface area contributed by atoms with Gasteiger partial charge in [-0.05, 0) is 30.3 Å². The van der Waals surface area contributed by atoms with Crippen molar-refractivity contribution in [2.45, 2.75) is 6.61 Å². The SMILES string of the molecule is COCc1cc(-n2ccc(C(=O)O)n2)nc(-c2ccc(F)cc2)n1. The summed E-state index contributed by atoms with van der Waals surface area (Å²) in [6.07, 6.45) is 1.50. The number of halogens is 1. The number of carbonyl (C=O) groups is 1. The Morgan fingerprint density at radius 3 is 2.62 bits per heavy atom. The van der Waals surface area contributed by atoms with Crippen LogP contribution in [0.2, 0.25) is 0 Å². The number of methoxy groups -OCH3 is 1. The molecule has 1 N–H and O–H groups in total. The van der Waals surface area contributed by atoms with E-state index in [1.807, 2.05) is 0 Å². The minimum atomic E-state index is -1.13. The van der Waals surface area contributed by atoms with Crippen LogP contribution in [0.5, 0.6) is 0 Å². The molecule has 122 valence electrons. The van der Waals surface area contributed by atoms with E-state index in [2.05, 4.69) is 15.1 Å². The van der Waals surface area contributed by atoms with Gasteiger partial charge in [0.15, 0.2) is 17.3 Å². The normalized spacial score (nSPS) is 10.8. The second-order valence-electron chi connectivity index (χ2n) is 4.93. The number of nitrogens with zero attached hydrogens (tertiary/aromatic N) is 4. The van der Waals surface area contributed by atoms with Crippen LogP contribution in [0, 0.1) is 5.82 Å². The molecule has 0 spiro atoms. The van der Waals surface area contributed by atoms with E-state index in [1.165, 1.54) is 36.2 Å². The van der Waals surface area contributed by atoms with E-state index < -0.39 is 5.97 Å². The smallest absolute Gasteiger partial charge is 0.356 e. The molecule has 24 heavy (non-hydrogen) atoms. The molecule has 0 unspecified atom stereocenters. The average Bonchev–Trinajstić information content (AvgIpc) is 3.06. The van der Waals surface area contributed by atoms with Gasteiger partial charge in [0.05, 0.1) is 12.3 Å². The van der Waals surface area contributed by atoms with Crippen molar-refractivity contribution in [3.8, 4) is 17.2 Å². The summed E-state index contributed by atoms with van der Waals surface area (Å²) < 4.78 is 19.5. The monoisotopic (exact) mass is 328 g/mol. The van der Waals surface area contributed by atoms with Crippen molar-refractivity contribution in [2.75, 3.05) is 7.11 Å². The van der Waals surface area contributed by atoms with Crippen LogP contribution in [0.1, 0.15) is 16.2 Å². The number of aromatic carboxylic acids is 1. The third kappa shape index (κ3) is 3.28. The summed E-state index contributed by atoms with van der Waals surface area (Å²) in [6, 6.07) is 8.79. The summed E-state index contributed by atoms with van der Waals surface area (Å²) in [4.78, 5) is 19.7. The first-order valence-electron chi connectivity index (χ1n) is 6.99. The molecular weight excluding hydrogens is 315 g/mol. The molecule has 3 aromatic rings. The highest BCUT2D eigenvalue weighted by Gasteiger charge is 2.12. The molecule has 8 heteroatoms. The molecule has 7 nitrogen and oxygen atoms in total. The molecule has 2 heterocycles. The first-order chi connectivity index (χ1) is 11.6. The molecule has 0 aliphatic carbocycles. The molecular formula is C16H13FN4O3. The molecule has 0 atom stereocenters. The summed E-state index contributed by atoms with van der Waals surface area (Å²) in [5, 5.41) is 12.9. The molecule has 2 aromatic heterocycles. The van der Waals surface area contributed by atoms with Crippen LogP contribution in [-0.2, 0) is 11.3 Å². The van der Waals surface area contributed by atoms with Gasteiger partial charge in [0.25, 0.3) is 0 Å². The Labute approximate surface area is 136 Å². The van der Waals surface area contributed by atoms with E-state index in [-0.39, 0.29) is 18.1 Å². The van der Waals surface area contributed by atoms with Crippen LogP contribution < -0.4 is 0 Å². The first-order valence-corrected chi connectivity index (χ1v) is 6.99. The molecule has 0 saturated carbocycles. The second-order valence-corrected chi connectivity index (χ2v) is 4.93. The number of hydrogen-bond donors (Lipinski definition) is 1. The van der Waals surface area contributed by atoms with Crippen molar-refractivity contribution in [1.29, 1.82) is 0 Å². The largest absolute Gasteiger partial charge is 0.476 e. The van der Waals surface area contributed by atoms with Crippen molar-refractivity contribution in [3.05, 3.63) is 59.8 Å². The van der Waals surface area contributed by atoms with E-state index in [9.17, 15) is 9.18 Å². The number of benzene rings is 1. The van der Waals surface area contributed by atoms with Gasteiger partial charge in [0.2, 0.25) is 0 Å². The Morgan fingerprint density at radius 2 is 2.00 bits per heavy atom. The van der Waals surface area contributed by atoms with E-state index in [4.69, 9.17) is 9.84 Å². The second kappa shape index (κ2) is 6.55. The third-order valence-corrected chi connectivity index (χ3v) is 3.20. The predicted octanol–water partition coefficient (Wildman–Crippen LogP) is 2.31.